The van der Waals surface area contributed by atoms with Crippen molar-refractivity contribution in [1.82, 2.24) is 5.32 Å². The minimum absolute atomic E-state index is 0.00829. The summed E-state index contributed by atoms with van der Waals surface area (Å²) in [7, 11) is 1.62. The van der Waals surface area contributed by atoms with Gasteiger partial charge in [-0.15, -0.1) is 11.3 Å². The van der Waals surface area contributed by atoms with Gasteiger partial charge in [-0.2, -0.15) is 0 Å². The van der Waals surface area contributed by atoms with Crippen LogP contribution in [0.4, 0.5) is 0 Å². The minimum Gasteiger partial charge on any atom is -0.497 e. The summed E-state index contributed by atoms with van der Waals surface area (Å²) in [6.45, 7) is 1.97. The molecule has 3 aromatic rings. The summed E-state index contributed by atoms with van der Waals surface area (Å²) in [5, 5.41) is 3.07. The second-order valence-corrected chi connectivity index (χ2v) is 7.81. The van der Waals surface area contributed by atoms with Gasteiger partial charge in [0, 0.05) is 17.7 Å². The molecule has 0 aliphatic carbocycles. The number of methoxy groups -OCH3 is 1. The van der Waals surface area contributed by atoms with Gasteiger partial charge in [-0.1, -0.05) is 42.5 Å². The molecular formula is C23H23NO3S. The number of ether oxygens (including phenoxy) is 1. The third-order valence-corrected chi connectivity index (χ3v) is 5.52. The molecular weight excluding hydrogens is 370 g/mol. The van der Waals surface area contributed by atoms with Crippen molar-refractivity contribution in [3.8, 4) is 5.75 Å². The summed E-state index contributed by atoms with van der Waals surface area (Å²) < 4.78 is 5.22. The van der Waals surface area contributed by atoms with Crippen LogP contribution in [0.5, 0.6) is 5.75 Å². The second kappa shape index (κ2) is 9.33. The molecule has 0 aliphatic rings. The Morgan fingerprint density at radius 3 is 2.21 bits per heavy atom. The van der Waals surface area contributed by atoms with Gasteiger partial charge in [0.25, 0.3) is 0 Å². The fraction of sp³-hybridized carbons (Fsp3) is 0.217. The van der Waals surface area contributed by atoms with Crippen molar-refractivity contribution in [2.45, 2.75) is 25.8 Å². The number of Topliss-reactive ketones (excluding diaryl/α,β-unsaturated/α-hetero) is 1. The molecule has 144 valence electrons. The molecule has 0 fully saturated rings. The van der Waals surface area contributed by atoms with Crippen LogP contribution in [0.15, 0.2) is 66.7 Å². The molecule has 1 heterocycles. The van der Waals surface area contributed by atoms with E-state index in [1.165, 1.54) is 11.3 Å². The van der Waals surface area contributed by atoms with Crippen LogP contribution < -0.4 is 10.1 Å². The molecule has 0 aliphatic heterocycles. The van der Waals surface area contributed by atoms with Gasteiger partial charge in [-0.3, -0.25) is 9.59 Å². The number of ketones is 1. The van der Waals surface area contributed by atoms with E-state index in [0.717, 1.165) is 21.8 Å². The maximum atomic E-state index is 12.6. The summed E-state index contributed by atoms with van der Waals surface area (Å²) in [6.07, 6.45) is 0.366. The van der Waals surface area contributed by atoms with Gasteiger partial charge in [0.2, 0.25) is 5.91 Å². The Labute approximate surface area is 169 Å². The Morgan fingerprint density at radius 1 is 0.929 bits per heavy atom. The molecule has 1 N–H and O–H groups in total. The van der Waals surface area contributed by atoms with E-state index < -0.39 is 0 Å². The van der Waals surface area contributed by atoms with Crippen LogP contribution in [0.3, 0.4) is 0 Å². The van der Waals surface area contributed by atoms with Gasteiger partial charge in [0.05, 0.1) is 18.0 Å². The fourth-order valence-electron chi connectivity index (χ4n) is 2.97. The van der Waals surface area contributed by atoms with E-state index in [2.05, 4.69) is 5.32 Å². The molecule has 4 nitrogen and oxygen atoms in total. The molecule has 1 atom stereocenters. The lowest BCUT2D eigenvalue weighted by atomic mass is 9.98. The molecule has 3 rings (SSSR count). The first-order chi connectivity index (χ1) is 13.6. The zero-order chi connectivity index (χ0) is 19.9. The lowest BCUT2D eigenvalue weighted by molar-refractivity contribution is -0.121. The van der Waals surface area contributed by atoms with Crippen molar-refractivity contribution in [1.29, 1.82) is 0 Å². The van der Waals surface area contributed by atoms with E-state index in [9.17, 15) is 9.59 Å². The number of thiophene rings is 1. The van der Waals surface area contributed by atoms with Gasteiger partial charge in [-0.05, 0) is 42.3 Å². The molecule has 1 unspecified atom stereocenters. The number of rotatable bonds is 8. The first kappa shape index (κ1) is 19.8. The van der Waals surface area contributed by atoms with Crippen LogP contribution in [0.25, 0.3) is 0 Å². The Hall–Kier alpha value is -2.92. The Kier molecular flexibility index (Phi) is 6.61. The number of aryl methyl sites for hydroxylation is 1. The molecule has 28 heavy (non-hydrogen) atoms. The maximum absolute atomic E-state index is 12.6. The third kappa shape index (κ3) is 5.08. The second-order valence-electron chi connectivity index (χ2n) is 6.52. The minimum atomic E-state index is -0.279. The molecule has 0 spiro atoms. The molecule has 0 radical (unpaired) electrons. The summed E-state index contributed by atoms with van der Waals surface area (Å²) in [5.41, 5.74) is 1.95. The Bertz CT molecular complexity index is 932. The summed E-state index contributed by atoms with van der Waals surface area (Å²) >= 11 is 1.47. The van der Waals surface area contributed by atoms with Crippen LogP contribution in [0.1, 0.15) is 44.6 Å². The lowest BCUT2D eigenvalue weighted by Gasteiger charge is -2.20. The SMILES string of the molecule is COc1ccc(C(NC(=O)CCC(=O)c2ccc(C)s2)c2ccccc2)cc1. The highest BCUT2D eigenvalue weighted by atomic mass is 32.1. The lowest BCUT2D eigenvalue weighted by Crippen LogP contribution is -2.29. The molecule has 2 aromatic carbocycles. The van der Waals surface area contributed by atoms with E-state index in [4.69, 9.17) is 4.74 Å². The number of hydrogen-bond acceptors (Lipinski definition) is 4. The molecule has 0 bridgehead atoms. The molecule has 0 saturated carbocycles. The highest BCUT2D eigenvalue weighted by Crippen LogP contribution is 2.24. The number of hydrogen-bond donors (Lipinski definition) is 1. The molecule has 1 amide bonds. The highest BCUT2D eigenvalue weighted by Gasteiger charge is 2.18. The number of carbonyl (C=O) groups is 2. The van der Waals surface area contributed by atoms with E-state index in [1.807, 2.05) is 73.7 Å². The Morgan fingerprint density at radius 2 is 1.61 bits per heavy atom. The zero-order valence-corrected chi connectivity index (χ0v) is 16.8. The van der Waals surface area contributed by atoms with Gasteiger partial charge in [0.15, 0.2) is 5.78 Å². The van der Waals surface area contributed by atoms with Crippen LogP contribution in [0, 0.1) is 6.92 Å². The summed E-state index contributed by atoms with van der Waals surface area (Å²) in [5.74, 6) is 0.624. The van der Waals surface area contributed by atoms with Crippen LogP contribution >= 0.6 is 11.3 Å². The number of amides is 1. The first-order valence-corrected chi connectivity index (χ1v) is 9.96. The zero-order valence-electron chi connectivity index (χ0n) is 16.0. The molecule has 5 heteroatoms. The van der Waals surface area contributed by atoms with Crippen molar-refractivity contribution >= 4 is 23.0 Å². The highest BCUT2D eigenvalue weighted by molar-refractivity contribution is 7.14. The van der Waals surface area contributed by atoms with Crippen molar-refractivity contribution in [2.75, 3.05) is 7.11 Å². The van der Waals surface area contributed by atoms with Crippen LogP contribution in [0.2, 0.25) is 0 Å². The van der Waals surface area contributed by atoms with Gasteiger partial charge >= 0.3 is 0 Å². The van der Waals surface area contributed by atoms with Crippen LogP contribution in [-0.4, -0.2) is 18.8 Å². The van der Waals surface area contributed by atoms with Crippen molar-refractivity contribution in [3.05, 3.63) is 87.6 Å². The van der Waals surface area contributed by atoms with Crippen LogP contribution in [-0.2, 0) is 4.79 Å². The van der Waals surface area contributed by atoms with E-state index in [1.54, 1.807) is 7.11 Å². The summed E-state index contributed by atoms with van der Waals surface area (Å²) in [6, 6.07) is 20.9. The number of benzene rings is 2. The van der Waals surface area contributed by atoms with Crippen molar-refractivity contribution in [3.63, 3.8) is 0 Å². The predicted octanol–water partition coefficient (Wildman–Crippen LogP) is 4.93. The standard InChI is InChI=1S/C23H23NO3S/c1-16-8-14-21(28-16)20(25)13-15-22(26)24-23(17-6-4-3-5-7-17)18-9-11-19(27-2)12-10-18/h3-12,14,23H,13,15H2,1-2H3,(H,24,26). The normalized spacial score (nSPS) is 11.6. The van der Waals surface area contributed by atoms with E-state index in [-0.39, 0.29) is 30.6 Å². The smallest absolute Gasteiger partial charge is 0.221 e. The van der Waals surface area contributed by atoms with Gasteiger partial charge < -0.3 is 10.1 Å². The van der Waals surface area contributed by atoms with E-state index in [0.29, 0.717) is 4.88 Å². The topological polar surface area (TPSA) is 55.4 Å². The van der Waals surface area contributed by atoms with E-state index >= 15 is 0 Å². The van der Waals surface area contributed by atoms with Crippen molar-refractivity contribution < 1.29 is 14.3 Å². The Balaban J connectivity index is 1.70. The number of nitrogens with one attached hydrogen (secondary N) is 1. The summed E-state index contributed by atoms with van der Waals surface area (Å²) in [4.78, 5) is 26.7. The predicted molar refractivity (Wildman–Crippen MR) is 112 cm³/mol. The van der Waals surface area contributed by atoms with Gasteiger partial charge in [0.1, 0.15) is 5.75 Å². The number of carbonyl (C=O) groups excluding carboxylic acids is 2. The first-order valence-electron chi connectivity index (χ1n) is 9.14. The van der Waals surface area contributed by atoms with Gasteiger partial charge in [-0.25, -0.2) is 0 Å². The monoisotopic (exact) mass is 393 g/mol. The molecule has 0 saturated heterocycles. The fourth-order valence-corrected chi connectivity index (χ4v) is 3.80. The maximum Gasteiger partial charge on any atom is 0.221 e. The quantitative estimate of drug-likeness (QED) is 0.552. The average molecular weight is 394 g/mol. The average Bonchev–Trinajstić information content (AvgIpc) is 3.17. The largest absolute Gasteiger partial charge is 0.497 e. The van der Waals surface area contributed by atoms with Crippen molar-refractivity contribution in [2.24, 2.45) is 0 Å². The molecule has 1 aromatic heterocycles. The third-order valence-electron chi connectivity index (χ3n) is 4.48.